The van der Waals surface area contributed by atoms with Crippen LogP contribution < -0.4 is 9.80 Å². The van der Waals surface area contributed by atoms with Gasteiger partial charge < -0.3 is 9.80 Å². The topological polar surface area (TPSA) is 96.6 Å². The van der Waals surface area contributed by atoms with Crippen molar-refractivity contribution in [3.63, 3.8) is 0 Å². The van der Waals surface area contributed by atoms with Crippen molar-refractivity contribution in [3.05, 3.63) is 52.2 Å². The largest absolute Gasteiger partial charge is 0.501 e. The number of aromatic nitrogens is 1. The van der Waals surface area contributed by atoms with Gasteiger partial charge in [0.2, 0.25) is 0 Å². The van der Waals surface area contributed by atoms with Crippen LogP contribution in [0.5, 0.6) is 0 Å². The van der Waals surface area contributed by atoms with Crippen molar-refractivity contribution in [2.45, 2.75) is 16.6 Å². The summed E-state index contributed by atoms with van der Waals surface area (Å²) in [5.41, 5.74) is -7.40. The summed E-state index contributed by atoms with van der Waals surface area (Å²) in [5.74, 6) is 0.263. The van der Waals surface area contributed by atoms with Crippen molar-refractivity contribution >= 4 is 27.0 Å². The van der Waals surface area contributed by atoms with Gasteiger partial charge in [-0.05, 0) is 24.3 Å². The number of piperazine rings is 1. The molecule has 15 heteroatoms. The Bertz CT molecular complexity index is 1110. The summed E-state index contributed by atoms with van der Waals surface area (Å²) in [6.45, 7) is 0.681. The van der Waals surface area contributed by atoms with E-state index in [2.05, 4.69) is 4.98 Å². The molecule has 0 saturated carbocycles. The molecule has 1 aliphatic rings. The quantitative estimate of drug-likeness (QED) is 0.372. The number of anilines is 2. The van der Waals surface area contributed by atoms with Crippen molar-refractivity contribution in [2.75, 3.05) is 36.0 Å². The number of nitro benzene ring substituents is 1. The Labute approximate surface area is 177 Å². The summed E-state index contributed by atoms with van der Waals surface area (Å²) in [5, 5.41) is 11.4. The first-order valence-corrected chi connectivity index (χ1v) is 10.3. The summed E-state index contributed by atoms with van der Waals surface area (Å²) in [6.07, 6.45) is -3.85. The predicted molar refractivity (Wildman–Crippen MR) is 100 cm³/mol. The molecule has 3 rings (SSSR count). The number of sulfone groups is 1. The standard InChI is InChI=1S/C17H14F6N4O4S/c18-16(19,20)11-1-4-15(24-10-11)26-7-5-25(6-8-26)13-3-2-12(9-14(13)27(28)29)32(30,31)17(21,22)23/h1-4,9-10H,5-8H2. The van der Waals surface area contributed by atoms with Gasteiger partial charge in [0.1, 0.15) is 11.5 Å². The first kappa shape index (κ1) is 23.6. The van der Waals surface area contributed by atoms with E-state index in [0.717, 1.165) is 12.1 Å². The Hall–Kier alpha value is -3.10. The first-order valence-electron chi connectivity index (χ1n) is 8.85. The molecule has 0 unspecified atom stereocenters. The van der Waals surface area contributed by atoms with Crippen LogP contribution in [0, 0.1) is 10.1 Å². The van der Waals surface area contributed by atoms with Crippen molar-refractivity contribution in [3.8, 4) is 0 Å². The maximum atomic E-state index is 12.8. The van der Waals surface area contributed by atoms with Gasteiger partial charge in [-0.2, -0.15) is 26.3 Å². The number of nitro groups is 1. The van der Waals surface area contributed by atoms with E-state index in [1.54, 1.807) is 4.90 Å². The molecule has 2 heterocycles. The van der Waals surface area contributed by atoms with Crippen LogP contribution in [0.1, 0.15) is 5.56 Å². The zero-order valence-electron chi connectivity index (χ0n) is 15.9. The lowest BCUT2D eigenvalue weighted by atomic mass is 10.2. The Morgan fingerprint density at radius 2 is 1.53 bits per heavy atom. The molecule has 0 spiro atoms. The van der Waals surface area contributed by atoms with E-state index in [4.69, 9.17) is 0 Å². The molecule has 1 fully saturated rings. The fourth-order valence-corrected chi connectivity index (χ4v) is 3.92. The summed E-state index contributed by atoms with van der Waals surface area (Å²) in [4.78, 5) is 16.1. The normalized spacial score (nSPS) is 15.7. The summed E-state index contributed by atoms with van der Waals surface area (Å²) in [6, 6.07) is 4.01. The average molecular weight is 484 g/mol. The van der Waals surface area contributed by atoms with E-state index < -0.39 is 42.6 Å². The minimum Gasteiger partial charge on any atom is -0.362 e. The zero-order valence-corrected chi connectivity index (χ0v) is 16.7. The number of benzene rings is 1. The predicted octanol–water partition coefficient (Wildman–Crippen LogP) is 3.63. The third-order valence-electron chi connectivity index (χ3n) is 4.78. The molecule has 1 aromatic heterocycles. The van der Waals surface area contributed by atoms with Gasteiger partial charge >= 0.3 is 11.7 Å². The Balaban J connectivity index is 1.80. The summed E-state index contributed by atoms with van der Waals surface area (Å²) >= 11 is 0. The highest BCUT2D eigenvalue weighted by Crippen LogP contribution is 2.36. The number of rotatable bonds is 4. The SMILES string of the molecule is O=[N+]([O-])c1cc(S(=O)(=O)C(F)(F)F)ccc1N1CCN(c2ccc(C(F)(F)F)cn2)CC1. The second-order valence-electron chi connectivity index (χ2n) is 6.73. The van der Waals surface area contributed by atoms with Crippen LogP contribution in [0.15, 0.2) is 41.4 Å². The molecule has 0 radical (unpaired) electrons. The second-order valence-corrected chi connectivity index (χ2v) is 8.67. The third kappa shape index (κ3) is 4.56. The molecular formula is C17H14F6N4O4S. The smallest absolute Gasteiger partial charge is 0.362 e. The molecule has 0 atom stereocenters. The van der Waals surface area contributed by atoms with Crippen LogP contribution in [-0.4, -0.2) is 50.0 Å². The van der Waals surface area contributed by atoms with E-state index in [0.29, 0.717) is 18.3 Å². The van der Waals surface area contributed by atoms with Gasteiger partial charge in [0, 0.05) is 38.4 Å². The molecule has 1 saturated heterocycles. The molecule has 32 heavy (non-hydrogen) atoms. The summed E-state index contributed by atoms with van der Waals surface area (Å²) < 4.78 is 99.4. The molecule has 174 valence electrons. The van der Waals surface area contributed by atoms with Crippen molar-refractivity contribution in [2.24, 2.45) is 0 Å². The van der Waals surface area contributed by atoms with Gasteiger partial charge in [0.15, 0.2) is 0 Å². The van der Waals surface area contributed by atoms with Crippen LogP contribution >= 0.6 is 0 Å². The molecule has 0 aliphatic carbocycles. The van der Waals surface area contributed by atoms with E-state index in [-0.39, 0.29) is 37.7 Å². The molecule has 0 amide bonds. The summed E-state index contributed by atoms with van der Waals surface area (Å²) in [7, 11) is -5.76. The fraction of sp³-hybridized carbons (Fsp3) is 0.353. The van der Waals surface area contributed by atoms with Gasteiger partial charge in [-0.3, -0.25) is 10.1 Å². The lowest BCUT2D eigenvalue weighted by molar-refractivity contribution is -0.384. The molecule has 0 N–H and O–H groups in total. The maximum absolute atomic E-state index is 12.8. The van der Waals surface area contributed by atoms with E-state index in [1.807, 2.05) is 0 Å². The van der Waals surface area contributed by atoms with Gasteiger partial charge in [-0.25, -0.2) is 13.4 Å². The van der Waals surface area contributed by atoms with Gasteiger partial charge in [-0.1, -0.05) is 0 Å². The highest BCUT2D eigenvalue weighted by Gasteiger charge is 2.47. The molecule has 8 nitrogen and oxygen atoms in total. The molecule has 1 aliphatic heterocycles. The average Bonchev–Trinajstić information content (AvgIpc) is 2.72. The zero-order chi connectivity index (χ0) is 23.9. The van der Waals surface area contributed by atoms with E-state index in [1.165, 1.54) is 11.0 Å². The van der Waals surface area contributed by atoms with E-state index >= 15 is 0 Å². The third-order valence-corrected chi connectivity index (χ3v) is 6.26. The maximum Gasteiger partial charge on any atom is 0.501 e. The number of halogens is 6. The molecule has 2 aromatic rings. The second kappa shape index (κ2) is 8.11. The van der Waals surface area contributed by atoms with Crippen LogP contribution in [-0.2, 0) is 16.0 Å². The van der Waals surface area contributed by atoms with Crippen molar-refractivity contribution < 1.29 is 39.7 Å². The van der Waals surface area contributed by atoms with Gasteiger partial charge in [0.05, 0.1) is 15.4 Å². The highest BCUT2D eigenvalue weighted by molar-refractivity contribution is 7.92. The number of nitrogens with zero attached hydrogens (tertiary/aromatic N) is 4. The lowest BCUT2D eigenvalue weighted by Gasteiger charge is -2.36. The fourth-order valence-electron chi connectivity index (χ4n) is 3.13. The van der Waals surface area contributed by atoms with Crippen LogP contribution in [0.3, 0.4) is 0 Å². The minimum atomic E-state index is -5.76. The van der Waals surface area contributed by atoms with E-state index in [9.17, 15) is 44.9 Å². The van der Waals surface area contributed by atoms with Crippen LogP contribution in [0.4, 0.5) is 43.5 Å². The number of hydrogen-bond donors (Lipinski definition) is 0. The number of alkyl halides is 6. The molecule has 0 bridgehead atoms. The van der Waals surface area contributed by atoms with Gasteiger partial charge in [0.25, 0.3) is 15.5 Å². The number of pyridine rings is 1. The highest BCUT2D eigenvalue weighted by atomic mass is 32.2. The Kier molecular flexibility index (Phi) is 5.97. The molecular weight excluding hydrogens is 470 g/mol. The van der Waals surface area contributed by atoms with Crippen LogP contribution in [0.25, 0.3) is 0 Å². The first-order chi connectivity index (χ1) is 14.7. The molecule has 1 aromatic carbocycles. The monoisotopic (exact) mass is 484 g/mol. The Morgan fingerprint density at radius 3 is 2.00 bits per heavy atom. The van der Waals surface area contributed by atoms with Crippen LogP contribution in [0.2, 0.25) is 0 Å². The Morgan fingerprint density at radius 1 is 0.938 bits per heavy atom. The van der Waals surface area contributed by atoms with Gasteiger partial charge in [-0.15, -0.1) is 0 Å². The van der Waals surface area contributed by atoms with Crippen molar-refractivity contribution in [1.29, 1.82) is 0 Å². The minimum absolute atomic E-state index is 0.0730. The number of hydrogen-bond acceptors (Lipinski definition) is 7. The lowest BCUT2D eigenvalue weighted by Crippen LogP contribution is -2.47. The van der Waals surface area contributed by atoms with Crippen molar-refractivity contribution in [1.82, 2.24) is 4.98 Å².